The van der Waals surface area contributed by atoms with Crippen LogP contribution in [0.5, 0.6) is 0 Å². The van der Waals surface area contributed by atoms with Crippen LogP contribution in [0.1, 0.15) is 35.8 Å². The largest absolute Gasteiger partial charge is 0.381 e. The predicted molar refractivity (Wildman–Crippen MR) is 77.3 cm³/mol. The highest BCUT2D eigenvalue weighted by Crippen LogP contribution is 2.15. The minimum atomic E-state index is -0.0856. The molecule has 1 saturated heterocycles. The first kappa shape index (κ1) is 14.7. The fraction of sp³-hybridized carbons (Fsp3) is 0.571. The van der Waals surface area contributed by atoms with Gasteiger partial charge in [0.2, 0.25) is 0 Å². The molecule has 0 spiro atoms. The van der Waals surface area contributed by atoms with Gasteiger partial charge in [0.25, 0.3) is 5.91 Å². The Morgan fingerprint density at radius 3 is 3.05 bits per heavy atom. The van der Waals surface area contributed by atoms with Gasteiger partial charge in [0.15, 0.2) is 0 Å². The second-order valence-electron chi connectivity index (χ2n) is 5.00. The quantitative estimate of drug-likeness (QED) is 0.535. The molecule has 1 aliphatic rings. The molecule has 1 aliphatic heterocycles. The van der Waals surface area contributed by atoms with Gasteiger partial charge in [-0.1, -0.05) is 6.92 Å². The number of nitrogens with one attached hydrogen (secondary N) is 2. The summed E-state index contributed by atoms with van der Waals surface area (Å²) in [7, 11) is 0. The number of anilines is 1. The normalized spacial score (nSPS) is 18.0. The van der Waals surface area contributed by atoms with E-state index in [1.807, 2.05) is 6.92 Å². The Labute approximate surface area is 119 Å². The maximum Gasteiger partial charge on any atom is 0.251 e. The maximum atomic E-state index is 12.1. The third-order valence-corrected chi connectivity index (χ3v) is 3.51. The van der Waals surface area contributed by atoms with E-state index in [2.05, 4.69) is 15.7 Å². The number of aryl methyl sites for hydroxylation is 1. The van der Waals surface area contributed by atoms with E-state index < -0.39 is 0 Å². The summed E-state index contributed by atoms with van der Waals surface area (Å²) < 4.78 is 5.32. The Hall–Kier alpha value is -1.66. The van der Waals surface area contributed by atoms with Crippen molar-refractivity contribution in [3.05, 3.63) is 23.4 Å². The van der Waals surface area contributed by atoms with Crippen LogP contribution < -0.4 is 16.6 Å². The van der Waals surface area contributed by atoms with Crippen LogP contribution in [0, 0.1) is 5.92 Å². The number of aromatic nitrogens is 1. The molecule has 110 valence electrons. The molecule has 1 aromatic heterocycles. The number of pyridine rings is 1. The van der Waals surface area contributed by atoms with Crippen LogP contribution >= 0.6 is 0 Å². The number of rotatable bonds is 6. The van der Waals surface area contributed by atoms with Crippen LogP contribution in [0.25, 0.3) is 0 Å². The van der Waals surface area contributed by atoms with Gasteiger partial charge in [-0.2, -0.15) is 0 Å². The first-order valence-corrected chi connectivity index (χ1v) is 7.06. The van der Waals surface area contributed by atoms with Gasteiger partial charge in [-0.25, -0.2) is 10.8 Å². The molecule has 0 radical (unpaired) electrons. The van der Waals surface area contributed by atoms with E-state index in [4.69, 9.17) is 10.6 Å². The molecular weight excluding hydrogens is 256 g/mol. The van der Waals surface area contributed by atoms with Gasteiger partial charge in [-0.15, -0.1) is 0 Å². The molecule has 6 nitrogen and oxygen atoms in total. The summed E-state index contributed by atoms with van der Waals surface area (Å²) in [6.07, 6.45) is 2.81. The van der Waals surface area contributed by atoms with Crippen molar-refractivity contribution in [2.45, 2.75) is 26.2 Å². The smallest absolute Gasteiger partial charge is 0.251 e. The number of hydrogen-bond acceptors (Lipinski definition) is 5. The lowest BCUT2D eigenvalue weighted by molar-refractivity contribution is 0.0950. The first-order chi connectivity index (χ1) is 9.72. The third kappa shape index (κ3) is 3.91. The molecular formula is C14H22N4O2. The molecule has 0 bridgehead atoms. The van der Waals surface area contributed by atoms with E-state index in [0.29, 0.717) is 23.8 Å². The first-order valence-electron chi connectivity index (χ1n) is 7.06. The van der Waals surface area contributed by atoms with Crippen molar-refractivity contribution in [2.24, 2.45) is 11.8 Å². The van der Waals surface area contributed by atoms with Crippen molar-refractivity contribution in [1.29, 1.82) is 0 Å². The highest BCUT2D eigenvalue weighted by molar-refractivity contribution is 5.94. The standard InChI is InChI=1S/C14H22N4O2/c1-2-12-7-11(8-13(17-12)18-15)14(19)16-5-3-10-4-6-20-9-10/h7-8,10H,2-6,9,15H2,1H3,(H,16,19)(H,17,18). The van der Waals surface area contributed by atoms with Crippen LogP contribution in [0.2, 0.25) is 0 Å². The molecule has 0 aromatic carbocycles. The SMILES string of the molecule is CCc1cc(C(=O)NCCC2CCOC2)cc(NN)n1. The molecule has 1 atom stereocenters. The van der Waals surface area contributed by atoms with Gasteiger partial charge >= 0.3 is 0 Å². The lowest BCUT2D eigenvalue weighted by atomic mass is 10.1. The predicted octanol–water partition coefficient (Wildman–Crippen LogP) is 1.09. The fourth-order valence-corrected chi connectivity index (χ4v) is 2.28. The molecule has 2 heterocycles. The van der Waals surface area contributed by atoms with Crippen molar-refractivity contribution in [3.63, 3.8) is 0 Å². The van der Waals surface area contributed by atoms with Crippen molar-refractivity contribution in [1.82, 2.24) is 10.3 Å². The molecule has 4 N–H and O–H groups in total. The van der Waals surface area contributed by atoms with Crippen molar-refractivity contribution < 1.29 is 9.53 Å². The van der Waals surface area contributed by atoms with Crippen LogP contribution in [0.15, 0.2) is 12.1 Å². The van der Waals surface area contributed by atoms with Crippen LogP contribution in [0.4, 0.5) is 5.82 Å². The van der Waals surface area contributed by atoms with E-state index >= 15 is 0 Å². The number of carbonyl (C=O) groups is 1. The highest BCUT2D eigenvalue weighted by atomic mass is 16.5. The number of amides is 1. The second-order valence-corrected chi connectivity index (χ2v) is 5.00. The Kier molecular flexibility index (Phi) is 5.31. The summed E-state index contributed by atoms with van der Waals surface area (Å²) in [4.78, 5) is 16.4. The average molecular weight is 278 g/mol. The van der Waals surface area contributed by atoms with Crippen molar-refractivity contribution in [2.75, 3.05) is 25.2 Å². The summed E-state index contributed by atoms with van der Waals surface area (Å²) >= 11 is 0. The molecule has 1 amide bonds. The van der Waals surface area contributed by atoms with Gasteiger partial charge in [-0.05, 0) is 37.3 Å². The van der Waals surface area contributed by atoms with Crippen molar-refractivity contribution >= 4 is 11.7 Å². The van der Waals surface area contributed by atoms with Gasteiger partial charge in [0.1, 0.15) is 5.82 Å². The molecule has 0 saturated carbocycles. The zero-order chi connectivity index (χ0) is 14.4. The van der Waals surface area contributed by atoms with E-state index in [-0.39, 0.29) is 5.91 Å². The van der Waals surface area contributed by atoms with Crippen LogP contribution in [-0.2, 0) is 11.2 Å². The van der Waals surface area contributed by atoms with Gasteiger partial charge < -0.3 is 15.5 Å². The number of hydrogen-bond donors (Lipinski definition) is 3. The summed E-state index contributed by atoms with van der Waals surface area (Å²) in [6, 6.07) is 3.46. The van der Waals surface area contributed by atoms with Crippen LogP contribution in [0.3, 0.4) is 0 Å². The maximum absolute atomic E-state index is 12.1. The zero-order valence-electron chi connectivity index (χ0n) is 11.8. The van der Waals surface area contributed by atoms with Gasteiger partial charge in [0.05, 0.1) is 0 Å². The molecule has 6 heteroatoms. The van der Waals surface area contributed by atoms with Gasteiger partial charge in [-0.3, -0.25) is 4.79 Å². The summed E-state index contributed by atoms with van der Waals surface area (Å²) in [5.74, 6) is 6.36. The number of nitrogens with zero attached hydrogens (tertiary/aromatic N) is 1. The number of carbonyl (C=O) groups excluding carboxylic acids is 1. The molecule has 2 rings (SSSR count). The Morgan fingerprint density at radius 1 is 1.55 bits per heavy atom. The monoisotopic (exact) mass is 278 g/mol. The molecule has 1 fully saturated rings. The van der Waals surface area contributed by atoms with Crippen molar-refractivity contribution in [3.8, 4) is 0 Å². The molecule has 1 aromatic rings. The summed E-state index contributed by atoms with van der Waals surface area (Å²) in [5.41, 5.74) is 3.92. The van der Waals surface area contributed by atoms with E-state index in [1.54, 1.807) is 12.1 Å². The van der Waals surface area contributed by atoms with Gasteiger partial charge in [0, 0.05) is 31.0 Å². The third-order valence-electron chi connectivity index (χ3n) is 3.51. The van der Waals surface area contributed by atoms with E-state index in [0.717, 1.165) is 38.2 Å². The molecule has 1 unspecified atom stereocenters. The minimum Gasteiger partial charge on any atom is -0.381 e. The van der Waals surface area contributed by atoms with Crippen LogP contribution in [-0.4, -0.2) is 30.6 Å². The zero-order valence-corrected chi connectivity index (χ0v) is 11.8. The topological polar surface area (TPSA) is 89.3 Å². The number of hydrazine groups is 1. The second kappa shape index (κ2) is 7.21. The Bertz CT molecular complexity index is 436. The number of nitrogen functional groups attached to an aromatic ring is 1. The average Bonchev–Trinajstić information content (AvgIpc) is 2.99. The highest BCUT2D eigenvalue weighted by Gasteiger charge is 2.16. The summed E-state index contributed by atoms with van der Waals surface area (Å²) in [5, 5.41) is 2.94. The number of nitrogens with two attached hydrogens (primary N) is 1. The van der Waals surface area contributed by atoms with E-state index in [9.17, 15) is 4.79 Å². The Morgan fingerprint density at radius 2 is 2.40 bits per heavy atom. The summed E-state index contributed by atoms with van der Waals surface area (Å²) in [6.45, 7) is 4.31. The Balaban J connectivity index is 1.90. The number of ether oxygens (including phenoxy) is 1. The van der Waals surface area contributed by atoms with E-state index in [1.165, 1.54) is 0 Å². The molecule has 0 aliphatic carbocycles. The fourth-order valence-electron chi connectivity index (χ4n) is 2.28. The minimum absolute atomic E-state index is 0.0856. The lowest BCUT2D eigenvalue weighted by Gasteiger charge is -2.10. The lowest BCUT2D eigenvalue weighted by Crippen LogP contribution is -2.26. The molecule has 20 heavy (non-hydrogen) atoms.